The topological polar surface area (TPSA) is 85.4 Å². The smallest absolute Gasteiger partial charge is 0.406 e. The summed E-state index contributed by atoms with van der Waals surface area (Å²) in [6.07, 6.45) is -9.44. The Bertz CT molecular complexity index is 992. The van der Waals surface area contributed by atoms with Crippen LogP contribution in [-0.4, -0.2) is 35.8 Å². The molecule has 0 saturated carbocycles. The number of alkyl halides is 6. The second-order valence-corrected chi connectivity index (χ2v) is 7.02. The van der Waals surface area contributed by atoms with E-state index in [4.69, 9.17) is 4.74 Å². The molecular weight excluding hydrogens is 465 g/mol. The number of hydrogen-bond acceptors (Lipinski definition) is 6. The highest BCUT2D eigenvalue weighted by Gasteiger charge is 2.39. The molecule has 0 atom stereocenters. The molecule has 0 bridgehead atoms. The van der Waals surface area contributed by atoms with Crippen LogP contribution in [-0.2, 0) is 17.1 Å². The fraction of sp³-hybridized carbons (Fsp3) is 0.421. The summed E-state index contributed by atoms with van der Waals surface area (Å²) in [6.45, 7) is 1.18. The van der Waals surface area contributed by atoms with Crippen LogP contribution in [0.2, 0.25) is 0 Å². The minimum absolute atomic E-state index is 0.0820. The largest absolute Gasteiger partial charge is 0.437 e. The van der Waals surface area contributed by atoms with Crippen LogP contribution >= 0.6 is 0 Å². The molecule has 33 heavy (non-hydrogen) atoms. The highest BCUT2D eigenvalue weighted by Crippen LogP contribution is 2.37. The quantitative estimate of drug-likeness (QED) is 0.589. The van der Waals surface area contributed by atoms with Crippen LogP contribution in [0, 0.1) is 11.7 Å². The summed E-state index contributed by atoms with van der Waals surface area (Å²) in [7, 11) is 0. The minimum atomic E-state index is -5.11. The Balaban J connectivity index is 1.76. The molecule has 7 nitrogen and oxygen atoms in total. The molecule has 1 aliphatic rings. The van der Waals surface area contributed by atoms with Crippen LogP contribution in [0.5, 0.6) is 5.75 Å². The number of benzene rings is 1. The van der Waals surface area contributed by atoms with E-state index < -0.39 is 52.9 Å². The number of aromatic nitrogens is 2. The molecule has 1 fully saturated rings. The standard InChI is InChI=1S/C19H17F7N4O3/c20-14-11(18(21,22)23)2-1-3-12(14)29-16-27-9-13(15(30-16)19(24,25)26)33-17(31)28-8-10-4-6-32-7-5-10/h1-3,9-10H,4-8H2,(H,28,31)(H,27,29,30). The second kappa shape index (κ2) is 9.77. The molecule has 2 N–H and O–H groups in total. The number of amides is 1. The maximum Gasteiger partial charge on any atom is 0.437 e. The number of hydrogen-bond donors (Lipinski definition) is 2. The first-order chi connectivity index (χ1) is 15.4. The van der Waals surface area contributed by atoms with Crippen molar-refractivity contribution in [2.24, 2.45) is 5.92 Å². The fourth-order valence-corrected chi connectivity index (χ4v) is 2.99. The Morgan fingerprint density at radius 3 is 2.45 bits per heavy atom. The molecule has 1 aromatic carbocycles. The zero-order valence-electron chi connectivity index (χ0n) is 16.7. The van der Waals surface area contributed by atoms with E-state index in [1.807, 2.05) is 5.32 Å². The van der Waals surface area contributed by atoms with Crippen LogP contribution in [0.25, 0.3) is 0 Å². The van der Waals surface area contributed by atoms with E-state index in [1.54, 1.807) is 0 Å². The molecule has 0 unspecified atom stereocenters. The average Bonchev–Trinajstić information content (AvgIpc) is 2.74. The van der Waals surface area contributed by atoms with Gasteiger partial charge in [-0.3, -0.25) is 0 Å². The summed E-state index contributed by atoms with van der Waals surface area (Å²) < 4.78 is 103. The Morgan fingerprint density at radius 2 is 1.82 bits per heavy atom. The lowest BCUT2D eigenvalue weighted by molar-refractivity contribution is -0.142. The van der Waals surface area contributed by atoms with E-state index >= 15 is 0 Å². The van der Waals surface area contributed by atoms with Crippen LogP contribution in [0.4, 0.5) is 47.2 Å². The fourth-order valence-electron chi connectivity index (χ4n) is 2.99. The molecular formula is C19H17F7N4O3. The molecule has 0 radical (unpaired) electrons. The predicted molar refractivity (Wildman–Crippen MR) is 99.3 cm³/mol. The van der Waals surface area contributed by atoms with Gasteiger partial charge in [-0.2, -0.15) is 26.3 Å². The van der Waals surface area contributed by atoms with Crippen LogP contribution in [0.15, 0.2) is 24.4 Å². The van der Waals surface area contributed by atoms with Crippen molar-refractivity contribution in [1.29, 1.82) is 0 Å². The van der Waals surface area contributed by atoms with Gasteiger partial charge in [0.15, 0.2) is 17.3 Å². The molecule has 2 heterocycles. The van der Waals surface area contributed by atoms with Gasteiger partial charge in [-0.05, 0) is 30.9 Å². The zero-order chi connectivity index (χ0) is 24.2. The summed E-state index contributed by atoms with van der Waals surface area (Å²) in [4.78, 5) is 18.6. The van der Waals surface area contributed by atoms with Gasteiger partial charge in [0.1, 0.15) is 0 Å². The predicted octanol–water partition coefficient (Wildman–Crippen LogP) is 4.91. The molecule has 1 aromatic heterocycles. The number of ether oxygens (including phenoxy) is 2. The van der Waals surface area contributed by atoms with Gasteiger partial charge in [-0.1, -0.05) is 6.07 Å². The van der Waals surface area contributed by atoms with E-state index in [2.05, 4.69) is 20.0 Å². The maximum absolute atomic E-state index is 14.1. The summed E-state index contributed by atoms with van der Waals surface area (Å²) >= 11 is 0. The lowest BCUT2D eigenvalue weighted by Crippen LogP contribution is -2.34. The first-order valence-electron chi connectivity index (χ1n) is 9.55. The normalized spacial score (nSPS) is 15.2. The lowest BCUT2D eigenvalue weighted by atomic mass is 10.0. The van der Waals surface area contributed by atoms with Gasteiger partial charge in [-0.15, -0.1) is 0 Å². The van der Waals surface area contributed by atoms with Gasteiger partial charge in [0.2, 0.25) is 5.95 Å². The Labute approximate surface area is 182 Å². The molecule has 0 spiro atoms. The van der Waals surface area contributed by atoms with Gasteiger partial charge in [0.05, 0.1) is 17.4 Å². The minimum Gasteiger partial charge on any atom is -0.406 e. The Kier molecular flexibility index (Phi) is 7.25. The second-order valence-electron chi connectivity index (χ2n) is 7.02. The molecule has 180 valence electrons. The molecule has 2 aromatic rings. The third-order valence-electron chi connectivity index (χ3n) is 4.65. The van der Waals surface area contributed by atoms with E-state index in [0.717, 1.165) is 12.1 Å². The van der Waals surface area contributed by atoms with E-state index in [9.17, 15) is 35.5 Å². The zero-order valence-corrected chi connectivity index (χ0v) is 16.7. The third kappa shape index (κ3) is 6.43. The summed E-state index contributed by atoms with van der Waals surface area (Å²) in [5, 5.41) is 4.33. The van der Waals surface area contributed by atoms with E-state index in [-0.39, 0.29) is 12.5 Å². The molecule has 0 aliphatic carbocycles. The summed E-state index contributed by atoms with van der Waals surface area (Å²) in [5.41, 5.74) is -4.08. The van der Waals surface area contributed by atoms with Crippen molar-refractivity contribution in [2.75, 3.05) is 25.1 Å². The van der Waals surface area contributed by atoms with Crippen LogP contribution in [0.1, 0.15) is 24.1 Å². The number of rotatable bonds is 5. The number of carbonyl (C=O) groups is 1. The monoisotopic (exact) mass is 482 g/mol. The number of carbonyl (C=O) groups excluding carboxylic acids is 1. The van der Waals surface area contributed by atoms with Crippen molar-refractivity contribution in [3.8, 4) is 5.75 Å². The van der Waals surface area contributed by atoms with Crippen LogP contribution < -0.4 is 15.4 Å². The van der Waals surface area contributed by atoms with E-state index in [1.165, 1.54) is 0 Å². The van der Waals surface area contributed by atoms with Crippen molar-refractivity contribution in [3.05, 3.63) is 41.5 Å². The number of nitrogens with zero attached hydrogens (tertiary/aromatic N) is 2. The third-order valence-corrected chi connectivity index (χ3v) is 4.65. The number of nitrogens with one attached hydrogen (secondary N) is 2. The number of halogens is 7. The molecule has 14 heteroatoms. The maximum atomic E-state index is 14.1. The van der Waals surface area contributed by atoms with Crippen molar-refractivity contribution in [3.63, 3.8) is 0 Å². The highest BCUT2D eigenvalue weighted by atomic mass is 19.4. The summed E-state index contributed by atoms with van der Waals surface area (Å²) in [6, 6.07) is 2.20. The highest BCUT2D eigenvalue weighted by molar-refractivity contribution is 5.70. The SMILES string of the molecule is O=C(NCC1CCOCC1)Oc1cnc(Nc2cccc(C(F)(F)F)c2F)nc1C(F)(F)F. The van der Waals surface area contributed by atoms with Gasteiger partial charge >= 0.3 is 18.4 Å². The molecule has 1 amide bonds. The Hall–Kier alpha value is -3.16. The summed E-state index contributed by atoms with van der Waals surface area (Å²) in [5.74, 6) is -3.54. The van der Waals surface area contributed by atoms with E-state index in [0.29, 0.717) is 38.3 Å². The van der Waals surface area contributed by atoms with Gasteiger partial charge in [0.25, 0.3) is 0 Å². The van der Waals surface area contributed by atoms with Crippen molar-refractivity contribution in [2.45, 2.75) is 25.2 Å². The Morgan fingerprint density at radius 1 is 1.12 bits per heavy atom. The van der Waals surface area contributed by atoms with Gasteiger partial charge in [-0.25, -0.2) is 19.2 Å². The molecule has 3 rings (SSSR count). The van der Waals surface area contributed by atoms with Crippen molar-refractivity contribution < 1.29 is 45.0 Å². The average molecular weight is 482 g/mol. The first-order valence-corrected chi connectivity index (χ1v) is 9.55. The molecule has 1 aliphatic heterocycles. The van der Waals surface area contributed by atoms with Crippen molar-refractivity contribution in [1.82, 2.24) is 15.3 Å². The first kappa shape index (κ1) is 24.5. The lowest BCUT2D eigenvalue weighted by Gasteiger charge is -2.22. The van der Waals surface area contributed by atoms with Gasteiger partial charge in [0, 0.05) is 19.8 Å². The van der Waals surface area contributed by atoms with Gasteiger partial charge < -0.3 is 20.1 Å². The molecule has 1 saturated heterocycles. The number of anilines is 2. The van der Waals surface area contributed by atoms with Crippen LogP contribution in [0.3, 0.4) is 0 Å². The van der Waals surface area contributed by atoms with Crippen molar-refractivity contribution >= 4 is 17.7 Å².